The molecule has 0 radical (unpaired) electrons. The lowest BCUT2D eigenvalue weighted by Gasteiger charge is -2.16. The molecule has 0 aliphatic carbocycles. The number of aromatic nitrogens is 5. The van der Waals surface area contributed by atoms with Gasteiger partial charge in [0.2, 0.25) is 0 Å². The number of carbonyl (C=O) groups is 1. The Bertz CT molecular complexity index is 1030. The number of carbonyl (C=O) groups excluding carboxylic acids is 1. The van der Waals surface area contributed by atoms with Crippen molar-refractivity contribution in [2.45, 2.75) is 6.54 Å². The maximum Gasteiger partial charge on any atom is 0.260 e. The van der Waals surface area contributed by atoms with Crippen LogP contribution in [0.2, 0.25) is 0 Å². The van der Waals surface area contributed by atoms with Crippen LogP contribution in [-0.2, 0) is 11.3 Å². The zero-order valence-electron chi connectivity index (χ0n) is 14.5. The highest BCUT2D eigenvalue weighted by Gasteiger charge is 2.13. The second-order valence-electron chi connectivity index (χ2n) is 5.87. The minimum Gasteiger partial charge on any atom is -0.484 e. The summed E-state index contributed by atoms with van der Waals surface area (Å²) in [7, 11) is 1.75. The van der Waals surface area contributed by atoms with E-state index in [9.17, 15) is 4.79 Å². The highest BCUT2D eigenvalue weighted by molar-refractivity contribution is 7.18. The summed E-state index contributed by atoms with van der Waals surface area (Å²) in [6.45, 7) is 0.395. The third-order valence-electron chi connectivity index (χ3n) is 3.93. The number of hydrogen-bond acceptors (Lipinski definition) is 7. The second kappa shape index (κ2) is 7.50. The molecule has 0 spiro atoms. The molecule has 0 saturated carbocycles. The van der Waals surface area contributed by atoms with E-state index in [-0.39, 0.29) is 12.5 Å². The summed E-state index contributed by atoms with van der Waals surface area (Å²) < 4.78 is 8.27. The van der Waals surface area contributed by atoms with Gasteiger partial charge in [-0.25, -0.2) is 9.67 Å². The van der Waals surface area contributed by atoms with E-state index in [1.54, 1.807) is 35.4 Å². The standard InChI is InChI=1S/C18H16N6O2S/c1-23(10-17-20-15-7-2-3-8-16(15)27-17)18(25)11-26-14-6-4-5-13(9-14)24-12-19-21-22-24/h2-9,12H,10-11H2,1H3. The van der Waals surface area contributed by atoms with Gasteiger partial charge in [0.1, 0.15) is 17.1 Å². The number of tetrazole rings is 1. The molecule has 27 heavy (non-hydrogen) atoms. The summed E-state index contributed by atoms with van der Waals surface area (Å²) in [6, 6.07) is 15.2. The quantitative estimate of drug-likeness (QED) is 0.510. The molecule has 9 heteroatoms. The molecule has 2 aromatic heterocycles. The van der Waals surface area contributed by atoms with Crippen LogP contribution in [0.1, 0.15) is 5.01 Å². The number of nitrogens with zero attached hydrogens (tertiary/aromatic N) is 6. The van der Waals surface area contributed by atoms with E-state index in [1.165, 1.54) is 11.0 Å². The van der Waals surface area contributed by atoms with Crippen LogP contribution >= 0.6 is 11.3 Å². The van der Waals surface area contributed by atoms with Crippen molar-refractivity contribution in [2.24, 2.45) is 0 Å². The smallest absolute Gasteiger partial charge is 0.260 e. The number of ether oxygens (including phenoxy) is 1. The lowest BCUT2D eigenvalue weighted by Crippen LogP contribution is -2.30. The zero-order valence-corrected chi connectivity index (χ0v) is 15.3. The number of para-hydroxylation sites is 1. The number of rotatable bonds is 6. The van der Waals surface area contributed by atoms with Crippen molar-refractivity contribution in [2.75, 3.05) is 13.7 Å². The Morgan fingerprint density at radius 2 is 2.11 bits per heavy atom. The van der Waals surface area contributed by atoms with Crippen LogP contribution in [0, 0.1) is 0 Å². The van der Waals surface area contributed by atoms with Crippen LogP contribution in [-0.4, -0.2) is 49.7 Å². The van der Waals surface area contributed by atoms with Gasteiger partial charge < -0.3 is 9.64 Å². The molecule has 2 heterocycles. The molecule has 4 rings (SSSR count). The van der Waals surface area contributed by atoms with Gasteiger partial charge in [-0.15, -0.1) is 16.4 Å². The van der Waals surface area contributed by atoms with Gasteiger partial charge in [-0.2, -0.15) is 0 Å². The van der Waals surface area contributed by atoms with Gasteiger partial charge in [0, 0.05) is 13.1 Å². The number of amides is 1. The fraction of sp³-hybridized carbons (Fsp3) is 0.167. The van der Waals surface area contributed by atoms with E-state index < -0.39 is 0 Å². The van der Waals surface area contributed by atoms with Crippen molar-refractivity contribution in [3.05, 3.63) is 59.9 Å². The zero-order chi connectivity index (χ0) is 18.6. The first-order valence-corrected chi connectivity index (χ1v) is 9.05. The average molecular weight is 380 g/mol. The topological polar surface area (TPSA) is 86.0 Å². The molecule has 0 fully saturated rings. The van der Waals surface area contributed by atoms with Crippen LogP contribution in [0.15, 0.2) is 54.9 Å². The molecule has 8 nitrogen and oxygen atoms in total. The van der Waals surface area contributed by atoms with Crippen LogP contribution in [0.4, 0.5) is 0 Å². The number of benzene rings is 2. The van der Waals surface area contributed by atoms with Gasteiger partial charge in [-0.1, -0.05) is 18.2 Å². The van der Waals surface area contributed by atoms with Crippen LogP contribution < -0.4 is 4.74 Å². The van der Waals surface area contributed by atoms with Crippen molar-refractivity contribution < 1.29 is 9.53 Å². The summed E-state index contributed by atoms with van der Waals surface area (Å²) in [6.07, 6.45) is 1.50. The number of hydrogen-bond donors (Lipinski definition) is 0. The minimum absolute atomic E-state index is 0.0551. The van der Waals surface area contributed by atoms with Gasteiger partial charge in [-0.05, 0) is 34.7 Å². The van der Waals surface area contributed by atoms with Gasteiger partial charge >= 0.3 is 0 Å². The van der Waals surface area contributed by atoms with Gasteiger partial charge in [0.15, 0.2) is 6.61 Å². The average Bonchev–Trinajstić information content (AvgIpc) is 3.35. The van der Waals surface area contributed by atoms with E-state index in [1.807, 2.05) is 36.4 Å². The molecule has 0 bridgehead atoms. The largest absolute Gasteiger partial charge is 0.484 e. The second-order valence-corrected chi connectivity index (χ2v) is 6.98. The first-order valence-electron chi connectivity index (χ1n) is 8.24. The lowest BCUT2D eigenvalue weighted by molar-refractivity contribution is -0.132. The Morgan fingerprint density at radius 3 is 2.93 bits per heavy atom. The van der Waals surface area contributed by atoms with Crippen LogP contribution in [0.3, 0.4) is 0 Å². The molecule has 0 unspecified atom stereocenters. The molecule has 4 aromatic rings. The van der Waals surface area contributed by atoms with Gasteiger partial charge in [0.25, 0.3) is 5.91 Å². The summed E-state index contributed by atoms with van der Waals surface area (Å²) in [5.74, 6) is 0.451. The molecule has 136 valence electrons. The normalized spacial score (nSPS) is 10.9. The molecule has 0 atom stereocenters. The summed E-state index contributed by atoms with van der Waals surface area (Å²) >= 11 is 1.59. The Kier molecular flexibility index (Phi) is 4.75. The number of thiazole rings is 1. The number of likely N-dealkylation sites (N-methyl/N-ethyl adjacent to an activating group) is 1. The maximum absolute atomic E-state index is 12.4. The summed E-state index contributed by atoms with van der Waals surface area (Å²) in [5, 5.41) is 11.9. The van der Waals surface area contributed by atoms with E-state index in [4.69, 9.17) is 4.74 Å². The highest BCUT2D eigenvalue weighted by Crippen LogP contribution is 2.22. The molecule has 1 amide bonds. The molecule has 0 N–H and O–H groups in total. The van der Waals surface area contributed by atoms with Crippen molar-refractivity contribution in [1.29, 1.82) is 0 Å². The first-order chi connectivity index (χ1) is 13.2. The van der Waals surface area contributed by atoms with E-state index in [0.717, 1.165) is 20.9 Å². The molecule has 0 aliphatic heterocycles. The molecule has 2 aromatic carbocycles. The lowest BCUT2D eigenvalue weighted by atomic mass is 10.3. The molecule has 0 saturated heterocycles. The predicted molar refractivity (Wildman–Crippen MR) is 101 cm³/mol. The van der Waals surface area contributed by atoms with Crippen molar-refractivity contribution in [1.82, 2.24) is 30.1 Å². The molecular formula is C18H16N6O2S. The van der Waals surface area contributed by atoms with Crippen LogP contribution in [0.5, 0.6) is 5.75 Å². The maximum atomic E-state index is 12.4. The molecule has 0 aliphatic rings. The fourth-order valence-corrected chi connectivity index (χ4v) is 3.55. The third kappa shape index (κ3) is 3.93. The highest BCUT2D eigenvalue weighted by atomic mass is 32.1. The SMILES string of the molecule is CN(Cc1nc2ccccc2s1)C(=O)COc1cccc(-n2cnnn2)c1. The van der Waals surface area contributed by atoms with E-state index >= 15 is 0 Å². The van der Waals surface area contributed by atoms with Crippen molar-refractivity contribution in [3.8, 4) is 11.4 Å². The predicted octanol–water partition coefficient (Wildman–Crippen LogP) is 2.31. The van der Waals surface area contributed by atoms with Gasteiger partial charge in [0.05, 0.1) is 22.4 Å². The monoisotopic (exact) mass is 380 g/mol. The van der Waals surface area contributed by atoms with E-state index in [2.05, 4.69) is 20.5 Å². The summed E-state index contributed by atoms with van der Waals surface area (Å²) in [4.78, 5) is 18.6. The minimum atomic E-state index is -0.123. The van der Waals surface area contributed by atoms with Crippen LogP contribution in [0.25, 0.3) is 15.9 Å². The third-order valence-corrected chi connectivity index (χ3v) is 4.95. The Hall–Kier alpha value is -3.33. The number of fused-ring (bicyclic) bond motifs is 1. The summed E-state index contributed by atoms with van der Waals surface area (Å²) in [5.41, 5.74) is 1.71. The molecular weight excluding hydrogens is 364 g/mol. The van der Waals surface area contributed by atoms with Crippen molar-refractivity contribution >= 4 is 27.5 Å². The fourth-order valence-electron chi connectivity index (χ4n) is 2.53. The van der Waals surface area contributed by atoms with E-state index in [0.29, 0.717) is 12.3 Å². The Balaban J connectivity index is 1.36. The first kappa shape index (κ1) is 17.1. The Labute approximate surface area is 159 Å². The Morgan fingerprint density at radius 1 is 1.22 bits per heavy atom. The van der Waals surface area contributed by atoms with Gasteiger partial charge in [-0.3, -0.25) is 4.79 Å². The van der Waals surface area contributed by atoms with Crippen molar-refractivity contribution in [3.63, 3.8) is 0 Å².